The second-order valence-corrected chi connectivity index (χ2v) is 8.29. The van der Waals surface area contributed by atoms with E-state index in [9.17, 15) is 18.0 Å². The zero-order valence-corrected chi connectivity index (χ0v) is 17.6. The molecule has 0 spiro atoms. The highest BCUT2D eigenvalue weighted by atomic mass is 35.5. The number of hydrogen-bond acceptors (Lipinski definition) is 5. The van der Waals surface area contributed by atoms with Crippen molar-refractivity contribution in [2.24, 2.45) is 0 Å². The van der Waals surface area contributed by atoms with Crippen LogP contribution in [-0.4, -0.2) is 39.8 Å². The summed E-state index contributed by atoms with van der Waals surface area (Å²) in [6.45, 7) is 2.55. The number of Topliss-reactive ketones (excluding diaryl/α,β-unsaturated/α-hetero) is 1. The van der Waals surface area contributed by atoms with E-state index in [1.54, 1.807) is 36.4 Å². The molecule has 0 aliphatic carbocycles. The Bertz CT molecular complexity index is 946. The maximum absolute atomic E-state index is 12.1. The van der Waals surface area contributed by atoms with E-state index in [2.05, 4.69) is 10.0 Å². The molecule has 2 aromatic carbocycles. The van der Waals surface area contributed by atoms with Gasteiger partial charge in [0.1, 0.15) is 5.75 Å². The molecule has 0 aromatic heterocycles. The zero-order chi connectivity index (χ0) is 21.3. The first kappa shape index (κ1) is 22.9. The van der Waals surface area contributed by atoms with Gasteiger partial charge in [0, 0.05) is 36.5 Å². The summed E-state index contributed by atoms with van der Waals surface area (Å²) in [5.74, 6) is 0.207. The van der Waals surface area contributed by atoms with Gasteiger partial charge in [0.15, 0.2) is 5.78 Å². The minimum absolute atomic E-state index is 0.0209. The molecular weight excluding hydrogens is 416 g/mol. The summed E-state index contributed by atoms with van der Waals surface area (Å²) in [5, 5.41) is 2.90. The third-order valence-electron chi connectivity index (χ3n) is 3.91. The summed E-state index contributed by atoms with van der Waals surface area (Å²) in [6, 6.07) is 12.6. The van der Waals surface area contributed by atoms with Gasteiger partial charge in [-0.15, -0.1) is 0 Å². The molecule has 0 radical (unpaired) electrons. The van der Waals surface area contributed by atoms with Gasteiger partial charge < -0.3 is 10.1 Å². The van der Waals surface area contributed by atoms with Crippen LogP contribution in [0.15, 0.2) is 53.4 Å². The van der Waals surface area contributed by atoms with Crippen LogP contribution in [0.2, 0.25) is 5.02 Å². The van der Waals surface area contributed by atoms with Crippen molar-refractivity contribution in [1.82, 2.24) is 10.0 Å². The number of carbonyl (C=O) groups excluding carboxylic acids is 2. The lowest BCUT2D eigenvalue weighted by Crippen LogP contribution is -2.34. The molecule has 0 saturated carbocycles. The Morgan fingerprint density at radius 1 is 1.03 bits per heavy atom. The predicted molar refractivity (Wildman–Crippen MR) is 111 cm³/mol. The number of ketones is 1. The van der Waals surface area contributed by atoms with Crippen molar-refractivity contribution in [3.05, 3.63) is 59.1 Å². The molecular formula is C20H23ClN2O5S. The fourth-order valence-electron chi connectivity index (χ4n) is 2.47. The lowest BCUT2D eigenvalue weighted by molar-refractivity contribution is -0.121. The van der Waals surface area contributed by atoms with E-state index in [0.717, 1.165) is 0 Å². The van der Waals surface area contributed by atoms with Crippen LogP contribution in [0.5, 0.6) is 5.75 Å². The Labute approximate surface area is 175 Å². The Balaban J connectivity index is 1.71. The lowest BCUT2D eigenvalue weighted by atomic mass is 10.1. The number of nitrogens with one attached hydrogen (secondary N) is 2. The Kier molecular flexibility index (Phi) is 8.63. The van der Waals surface area contributed by atoms with Crippen LogP contribution >= 0.6 is 11.6 Å². The first-order valence-electron chi connectivity index (χ1n) is 9.10. The SMILES string of the molecule is CCOc1ccc(C(=O)CCC(=O)NCCNS(=O)(=O)c2cccc(Cl)c2)cc1. The molecule has 0 heterocycles. The first-order valence-corrected chi connectivity index (χ1v) is 11.0. The fourth-order valence-corrected chi connectivity index (χ4v) is 3.80. The van der Waals surface area contributed by atoms with Crippen LogP contribution in [0.3, 0.4) is 0 Å². The van der Waals surface area contributed by atoms with Crippen LogP contribution < -0.4 is 14.8 Å². The van der Waals surface area contributed by atoms with E-state index in [1.165, 1.54) is 12.1 Å². The average Bonchev–Trinajstić information content (AvgIpc) is 2.70. The molecule has 0 atom stereocenters. The third-order valence-corrected chi connectivity index (χ3v) is 5.61. The maximum Gasteiger partial charge on any atom is 0.240 e. The number of hydrogen-bond donors (Lipinski definition) is 2. The third kappa shape index (κ3) is 7.49. The van der Waals surface area contributed by atoms with Gasteiger partial charge in [0.05, 0.1) is 11.5 Å². The number of ether oxygens (including phenoxy) is 1. The van der Waals surface area contributed by atoms with Crippen LogP contribution in [0.4, 0.5) is 0 Å². The molecule has 0 unspecified atom stereocenters. The van der Waals surface area contributed by atoms with E-state index in [4.69, 9.17) is 16.3 Å². The molecule has 2 N–H and O–H groups in total. The van der Waals surface area contributed by atoms with E-state index in [0.29, 0.717) is 22.9 Å². The van der Waals surface area contributed by atoms with Crippen LogP contribution in [0, 0.1) is 0 Å². The summed E-state index contributed by atoms with van der Waals surface area (Å²) < 4.78 is 32.0. The molecule has 0 fully saturated rings. The second kappa shape index (κ2) is 10.9. The van der Waals surface area contributed by atoms with Gasteiger partial charge >= 0.3 is 0 Å². The quantitative estimate of drug-likeness (QED) is 0.415. The van der Waals surface area contributed by atoms with Gasteiger partial charge in [0.2, 0.25) is 15.9 Å². The molecule has 9 heteroatoms. The molecule has 0 aliphatic heterocycles. The number of sulfonamides is 1. The Hall–Kier alpha value is -2.42. The monoisotopic (exact) mass is 438 g/mol. The second-order valence-electron chi connectivity index (χ2n) is 6.09. The number of halogens is 1. The van der Waals surface area contributed by atoms with Crippen molar-refractivity contribution in [3.63, 3.8) is 0 Å². The standard InChI is InChI=1S/C20H23ClN2O5S/c1-2-28-17-8-6-15(7-9-17)19(24)10-11-20(25)22-12-13-23-29(26,27)18-5-3-4-16(21)14-18/h3-9,14,23H,2,10-13H2,1H3,(H,22,25). The largest absolute Gasteiger partial charge is 0.494 e. The van der Waals surface area contributed by atoms with Crippen LogP contribution in [0.1, 0.15) is 30.1 Å². The smallest absolute Gasteiger partial charge is 0.240 e. The van der Waals surface area contributed by atoms with Crippen molar-refractivity contribution < 1.29 is 22.7 Å². The molecule has 156 valence electrons. The highest BCUT2D eigenvalue weighted by Gasteiger charge is 2.14. The predicted octanol–water partition coefficient (Wildman–Crippen LogP) is 2.80. The van der Waals surface area contributed by atoms with Crippen molar-refractivity contribution in [1.29, 1.82) is 0 Å². The minimum Gasteiger partial charge on any atom is -0.494 e. The maximum atomic E-state index is 12.1. The van der Waals surface area contributed by atoms with Crippen LogP contribution in [-0.2, 0) is 14.8 Å². The summed E-state index contributed by atoms with van der Waals surface area (Å²) in [7, 11) is -3.70. The topological polar surface area (TPSA) is 102 Å². The van der Waals surface area contributed by atoms with Crippen molar-refractivity contribution in [2.45, 2.75) is 24.7 Å². The molecule has 0 aliphatic rings. The molecule has 0 saturated heterocycles. The number of benzene rings is 2. The summed E-state index contributed by atoms with van der Waals surface area (Å²) in [6.07, 6.45) is 0.0845. The van der Waals surface area contributed by atoms with Crippen molar-refractivity contribution >= 4 is 33.3 Å². The van der Waals surface area contributed by atoms with Gasteiger partial charge in [-0.1, -0.05) is 17.7 Å². The normalized spacial score (nSPS) is 11.1. The minimum atomic E-state index is -3.70. The van der Waals surface area contributed by atoms with Crippen molar-refractivity contribution in [2.75, 3.05) is 19.7 Å². The molecule has 1 amide bonds. The Morgan fingerprint density at radius 3 is 2.41 bits per heavy atom. The summed E-state index contributed by atoms with van der Waals surface area (Å²) >= 11 is 5.80. The molecule has 2 rings (SSSR count). The lowest BCUT2D eigenvalue weighted by Gasteiger charge is -2.08. The van der Waals surface area contributed by atoms with Crippen LogP contribution in [0.25, 0.3) is 0 Å². The molecule has 0 bridgehead atoms. The van der Waals surface area contributed by atoms with Gasteiger partial charge in [-0.05, 0) is 49.4 Å². The number of rotatable bonds is 11. The Morgan fingerprint density at radius 2 is 1.76 bits per heavy atom. The number of amides is 1. The van der Waals surface area contributed by atoms with E-state index >= 15 is 0 Å². The molecule has 29 heavy (non-hydrogen) atoms. The molecule has 2 aromatic rings. The van der Waals surface area contributed by atoms with Gasteiger partial charge in [-0.3, -0.25) is 9.59 Å². The fraction of sp³-hybridized carbons (Fsp3) is 0.300. The zero-order valence-electron chi connectivity index (χ0n) is 16.0. The average molecular weight is 439 g/mol. The van der Waals surface area contributed by atoms with E-state index in [-0.39, 0.29) is 42.5 Å². The van der Waals surface area contributed by atoms with Gasteiger partial charge in [0.25, 0.3) is 0 Å². The van der Waals surface area contributed by atoms with Gasteiger partial charge in [-0.25, -0.2) is 13.1 Å². The summed E-state index contributed by atoms with van der Waals surface area (Å²) in [4.78, 5) is 24.1. The van der Waals surface area contributed by atoms with E-state index < -0.39 is 10.0 Å². The highest BCUT2D eigenvalue weighted by molar-refractivity contribution is 7.89. The van der Waals surface area contributed by atoms with Gasteiger partial charge in [-0.2, -0.15) is 0 Å². The molecule has 7 nitrogen and oxygen atoms in total. The number of carbonyl (C=O) groups is 2. The highest BCUT2D eigenvalue weighted by Crippen LogP contribution is 2.15. The van der Waals surface area contributed by atoms with Crippen molar-refractivity contribution in [3.8, 4) is 5.75 Å². The van der Waals surface area contributed by atoms with E-state index in [1.807, 2.05) is 6.92 Å². The summed E-state index contributed by atoms with van der Waals surface area (Å²) in [5.41, 5.74) is 0.510. The first-order chi connectivity index (χ1) is 13.8.